The molecule has 3 nitrogen and oxygen atoms in total. The van der Waals surface area contributed by atoms with Crippen molar-refractivity contribution in [3.8, 4) is 5.75 Å². The molecule has 2 aromatic rings. The molecule has 1 aromatic carbocycles. The standard InChI is InChI=1S/C16H21NO2/c1-3-10-18-15-8-6-5-7-12(15)16(17)13-9-11-19-14(13)4-2/h5-9,11,16H,3-4,10,17H2,1-2H3. The molecule has 0 saturated carbocycles. The highest BCUT2D eigenvalue weighted by atomic mass is 16.5. The van der Waals surface area contributed by atoms with Crippen molar-refractivity contribution in [2.75, 3.05) is 6.61 Å². The number of ether oxygens (including phenoxy) is 1. The second kappa shape index (κ2) is 6.43. The van der Waals surface area contributed by atoms with Crippen LogP contribution < -0.4 is 10.5 Å². The average molecular weight is 259 g/mol. The molecule has 0 amide bonds. The average Bonchev–Trinajstić information content (AvgIpc) is 2.93. The van der Waals surface area contributed by atoms with Gasteiger partial charge in [0.25, 0.3) is 0 Å². The van der Waals surface area contributed by atoms with E-state index in [0.29, 0.717) is 6.61 Å². The van der Waals surface area contributed by atoms with Crippen LogP contribution in [0.15, 0.2) is 41.0 Å². The van der Waals surface area contributed by atoms with Gasteiger partial charge in [-0.1, -0.05) is 32.0 Å². The number of hydrogen-bond acceptors (Lipinski definition) is 3. The maximum absolute atomic E-state index is 6.37. The topological polar surface area (TPSA) is 48.4 Å². The molecule has 0 saturated heterocycles. The Labute approximate surface area is 114 Å². The highest BCUT2D eigenvalue weighted by Crippen LogP contribution is 2.30. The van der Waals surface area contributed by atoms with E-state index in [1.807, 2.05) is 30.3 Å². The Bertz CT molecular complexity index is 519. The summed E-state index contributed by atoms with van der Waals surface area (Å²) in [7, 11) is 0. The minimum atomic E-state index is -0.207. The molecule has 0 aliphatic heterocycles. The molecular formula is C16H21NO2. The minimum Gasteiger partial charge on any atom is -0.493 e. The summed E-state index contributed by atoms with van der Waals surface area (Å²) in [4.78, 5) is 0. The Morgan fingerprint density at radius 3 is 2.68 bits per heavy atom. The first-order chi connectivity index (χ1) is 9.27. The molecular weight excluding hydrogens is 238 g/mol. The number of nitrogens with two attached hydrogens (primary N) is 1. The molecule has 1 unspecified atom stereocenters. The molecule has 0 aliphatic carbocycles. The molecule has 0 aliphatic rings. The Morgan fingerprint density at radius 1 is 1.16 bits per heavy atom. The van der Waals surface area contributed by atoms with Gasteiger partial charge in [-0.05, 0) is 18.6 Å². The molecule has 102 valence electrons. The summed E-state index contributed by atoms with van der Waals surface area (Å²) in [5, 5.41) is 0. The highest BCUT2D eigenvalue weighted by molar-refractivity contribution is 5.42. The summed E-state index contributed by atoms with van der Waals surface area (Å²) in [5.74, 6) is 1.80. The van der Waals surface area contributed by atoms with Crippen LogP contribution in [-0.4, -0.2) is 6.61 Å². The third kappa shape index (κ3) is 2.99. The minimum absolute atomic E-state index is 0.207. The molecule has 0 bridgehead atoms. The van der Waals surface area contributed by atoms with Gasteiger partial charge >= 0.3 is 0 Å². The first-order valence-electron chi connectivity index (χ1n) is 6.81. The van der Waals surface area contributed by atoms with Crippen LogP contribution in [0, 0.1) is 0 Å². The maximum atomic E-state index is 6.37. The predicted molar refractivity (Wildman–Crippen MR) is 76.3 cm³/mol. The van der Waals surface area contributed by atoms with E-state index in [0.717, 1.165) is 35.5 Å². The normalized spacial score (nSPS) is 12.4. The fraction of sp³-hybridized carbons (Fsp3) is 0.375. The van der Waals surface area contributed by atoms with Gasteiger partial charge in [0.15, 0.2) is 0 Å². The number of hydrogen-bond donors (Lipinski definition) is 1. The van der Waals surface area contributed by atoms with Crippen LogP contribution in [-0.2, 0) is 6.42 Å². The van der Waals surface area contributed by atoms with E-state index in [2.05, 4.69) is 13.8 Å². The van der Waals surface area contributed by atoms with Crippen molar-refractivity contribution in [1.29, 1.82) is 0 Å². The first kappa shape index (κ1) is 13.7. The van der Waals surface area contributed by atoms with Crippen molar-refractivity contribution in [3.05, 3.63) is 53.5 Å². The monoisotopic (exact) mass is 259 g/mol. The van der Waals surface area contributed by atoms with Gasteiger partial charge in [0, 0.05) is 17.5 Å². The van der Waals surface area contributed by atoms with Crippen LogP contribution in [0.25, 0.3) is 0 Å². The van der Waals surface area contributed by atoms with Gasteiger partial charge in [0.1, 0.15) is 11.5 Å². The molecule has 0 spiro atoms. The van der Waals surface area contributed by atoms with Gasteiger partial charge in [-0.3, -0.25) is 0 Å². The second-order valence-corrected chi connectivity index (χ2v) is 4.52. The van der Waals surface area contributed by atoms with Crippen molar-refractivity contribution in [2.45, 2.75) is 32.7 Å². The lowest BCUT2D eigenvalue weighted by molar-refractivity contribution is 0.313. The van der Waals surface area contributed by atoms with Gasteiger partial charge in [0.05, 0.1) is 18.9 Å². The number of furan rings is 1. The van der Waals surface area contributed by atoms with Crippen molar-refractivity contribution < 1.29 is 9.15 Å². The number of aryl methyl sites for hydroxylation is 1. The molecule has 2 rings (SSSR count). The molecule has 1 atom stereocenters. The fourth-order valence-corrected chi connectivity index (χ4v) is 2.16. The SMILES string of the molecule is CCCOc1ccccc1C(N)c1ccoc1CC. The first-order valence-corrected chi connectivity index (χ1v) is 6.81. The predicted octanol–water partition coefficient (Wildman–Crippen LogP) is 3.68. The summed E-state index contributed by atoms with van der Waals surface area (Å²) < 4.78 is 11.2. The van der Waals surface area contributed by atoms with Crippen LogP contribution >= 0.6 is 0 Å². The number of benzene rings is 1. The zero-order valence-electron chi connectivity index (χ0n) is 11.6. The lowest BCUT2D eigenvalue weighted by Crippen LogP contribution is -2.14. The molecule has 1 heterocycles. The van der Waals surface area contributed by atoms with E-state index < -0.39 is 0 Å². The molecule has 0 radical (unpaired) electrons. The fourth-order valence-electron chi connectivity index (χ4n) is 2.16. The van der Waals surface area contributed by atoms with E-state index in [-0.39, 0.29) is 6.04 Å². The van der Waals surface area contributed by atoms with E-state index in [9.17, 15) is 0 Å². The van der Waals surface area contributed by atoms with Crippen molar-refractivity contribution in [1.82, 2.24) is 0 Å². The van der Waals surface area contributed by atoms with Crippen LogP contribution in [0.5, 0.6) is 5.75 Å². The maximum Gasteiger partial charge on any atom is 0.124 e. The Kier molecular flexibility index (Phi) is 4.63. The molecule has 1 aromatic heterocycles. The second-order valence-electron chi connectivity index (χ2n) is 4.52. The largest absolute Gasteiger partial charge is 0.493 e. The Morgan fingerprint density at radius 2 is 1.95 bits per heavy atom. The molecule has 3 heteroatoms. The van der Waals surface area contributed by atoms with Crippen LogP contribution in [0.3, 0.4) is 0 Å². The smallest absolute Gasteiger partial charge is 0.124 e. The van der Waals surface area contributed by atoms with E-state index in [1.165, 1.54) is 0 Å². The number of para-hydroxylation sites is 1. The Balaban J connectivity index is 2.30. The van der Waals surface area contributed by atoms with Gasteiger partial charge < -0.3 is 14.9 Å². The molecule has 19 heavy (non-hydrogen) atoms. The third-order valence-electron chi connectivity index (χ3n) is 3.15. The third-order valence-corrected chi connectivity index (χ3v) is 3.15. The van der Waals surface area contributed by atoms with Crippen LogP contribution in [0.2, 0.25) is 0 Å². The Hall–Kier alpha value is -1.74. The number of rotatable bonds is 6. The van der Waals surface area contributed by atoms with Crippen LogP contribution in [0.4, 0.5) is 0 Å². The summed E-state index contributed by atoms with van der Waals surface area (Å²) in [6, 6.07) is 9.68. The van der Waals surface area contributed by atoms with Gasteiger partial charge in [0.2, 0.25) is 0 Å². The molecule has 2 N–H and O–H groups in total. The zero-order chi connectivity index (χ0) is 13.7. The highest BCUT2D eigenvalue weighted by Gasteiger charge is 2.18. The van der Waals surface area contributed by atoms with E-state index >= 15 is 0 Å². The summed E-state index contributed by atoms with van der Waals surface area (Å²) >= 11 is 0. The lowest BCUT2D eigenvalue weighted by atomic mass is 9.98. The zero-order valence-corrected chi connectivity index (χ0v) is 11.6. The van der Waals surface area contributed by atoms with E-state index in [1.54, 1.807) is 6.26 Å². The van der Waals surface area contributed by atoms with Crippen molar-refractivity contribution in [3.63, 3.8) is 0 Å². The van der Waals surface area contributed by atoms with Crippen molar-refractivity contribution in [2.24, 2.45) is 5.73 Å². The van der Waals surface area contributed by atoms with Gasteiger partial charge in [-0.15, -0.1) is 0 Å². The quantitative estimate of drug-likeness (QED) is 0.860. The summed E-state index contributed by atoms with van der Waals surface area (Å²) in [6.07, 6.45) is 3.52. The summed E-state index contributed by atoms with van der Waals surface area (Å²) in [6.45, 7) is 4.86. The van der Waals surface area contributed by atoms with E-state index in [4.69, 9.17) is 14.9 Å². The lowest BCUT2D eigenvalue weighted by Gasteiger charge is -2.16. The van der Waals surface area contributed by atoms with Gasteiger partial charge in [-0.25, -0.2) is 0 Å². The van der Waals surface area contributed by atoms with Crippen LogP contribution in [0.1, 0.15) is 43.2 Å². The summed E-state index contributed by atoms with van der Waals surface area (Å²) in [5.41, 5.74) is 8.41. The van der Waals surface area contributed by atoms with Crippen molar-refractivity contribution >= 4 is 0 Å². The van der Waals surface area contributed by atoms with Gasteiger partial charge in [-0.2, -0.15) is 0 Å². The molecule has 0 fully saturated rings.